The van der Waals surface area contributed by atoms with E-state index < -0.39 is 4.92 Å². The fourth-order valence-corrected chi connectivity index (χ4v) is 2.76. The monoisotopic (exact) mass is 350 g/mol. The molecular formula is C19H18N4O3. The first-order chi connectivity index (χ1) is 12.5. The Kier molecular flexibility index (Phi) is 4.79. The summed E-state index contributed by atoms with van der Waals surface area (Å²) in [6, 6.07) is 13.9. The van der Waals surface area contributed by atoms with Crippen LogP contribution in [0.25, 0.3) is 5.69 Å². The van der Waals surface area contributed by atoms with Gasteiger partial charge in [-0.3, -0.25) is 14.9 Å². The van der Waals surface area contributed by atoms with Gasteiger partial charge in [0.05, 0.1) is 17.3 Å². The second-order valence-electron chi connectivity index (χ2n) is 5.93. The van der Waals surface area contributed by atoms with E-state index in [4.69, 9.17) is 0 Å². The minimum atomic E-state index is -0.493. The van der Waals surface area contributed by atoms with Crippen molar-refractivity contribution >= 4 is 11.6 Å². The smallest absolute Gasteiger partial charge is 0.294 e. The van der Waals surface area contributed by atoms with Crippen LogP contribution in [-0.4, -0.2) is 32.3 Å². The molecule has 1 heterocycles. The lowest BCUT2D eigenvalue weighted by Crippen LogP contribution is -2.29. The molecule has 7 heteroatoms. The summed E-state index contributed by atoms with van der Waals surface area (Å²) in [5.41, 5.74) is 1.48. The van der Waals surface area contributed by atoms with Crippen molar-refractivity contribution in [3.05, 3.63) is 88.5 Å². The normalized spacial score (nSPS) is 11.8. The second-order valence-corrected chi connectivity index (χ2v) is 5.93. The zero-order chi connectivity index (χ0) is 18.7. The molecule has 0 aliphatic carbocycles. The highest BCUT2D eigenvalue weighted by Gasteiger charge is 2.23. The average Bonchev–Trinajstić information content (AvgIpc) is 3.21. The largest absolute Gasteiger partial charge is 0.335 e. The Morgan fingerprint density at radius 3 is 2.58 bits per heavy atom. The molecule has 1 aromatic heterocycles. The van der Waals surface area contributed by atoms with Crippen LogP contribution in [0.1, 0.15) is 28.9 Å². The number of nitro benzene ring substituents is 1. The van der Waals surface area contributed by atoms with Crippen molar-refractivity contribution in [1.82, 2.24) is 14.5 Å². The second kappa shape index (κ2) is 7.18. The fourth-order valence-electron chi connectivity index (χ4n) is 2.76. The molecule has 2 aromatic carbocycles. The number of aromatic nitrogens is 2. The zero-order valence-corrected chi connectivity index (χ0v) is 14.4. The summed E-state index contributed by atoms with van der Waals surface area (Å²) >= 11 is 0. The van der Waals surface area contributed by atoms with Gasteiger partial charge < -0.3 is 9.47 Å². The SMILES string of the molecule is CC(c1ccccc1)N(C)C(=O)c1ccc(-n2ccnc2)c([N+](=O)[O-])c1. The van der Waals surface area contributed by atoms with Gasteiger partial charge in [0.2, 0.25) is 0 Å². The van der Waals surface area contributed by atoms with E-state index in [2.05, 4.69) is 4.98 Å². The van der Waals surface area contributed by atoms with Crippen LogP contribution in [0.15, 0.2) is 67.3 Å². The van der Waals surface area contributed by atoms with E-state index in [1.807, 2.05) is 37.3 Å². The Bertz CT molecular complexity index is 923. The summed E-state index contributed by atoms with van der Waals surface area (Å²) in [7, 11) is 1.69. The molecule has 3 rings (SSSR count). The average molecular weight is 350 g/mol. The van der Waals surface area contributed by atoms with Crippen molar-refractivity contribution < 1.29 is 9.72 Å². The Morgan fingerprint density at radius 2 is 1.96 bits per heavy atom. The minimum Gasteiger partial charge on any atom is -0.335 e. The summed E-state index contributed by atoms with van der Waals surface area (Å²) in [5.74, 6) is -0.276. The van der Waals surface area contributed by atoms with E-state index >= 15 is 0 Å². The molecule has 26 heavy (non-hydrogen) atoms. The van der Waals surface area contributed by atoms with E-state index in [9.17, 15) is 14.9 Å². The van der Waals surface area contributed by atoms with Gasteiger partial charge in [-0.25, -0.2) is 4.98 Å². The summed E-state index contributed by atoms with van der Waals surface area (Å²) in [4.78, 5) is 29.3. The molecule has 0 saturated heterocycles. The standard InChI is InChI=1S/C19H18N4O3/c1-14(15-6-4-3-5-7-15)21(2)19(24)16-8-9-17(18(12-16)23(25)26)22-11-10-20-13-22/h3-14H,1-2H3. The number of carbonyl (C=O) groups excluding carboxylic acids is 1. The van der Waals surface area contributed by atoms with Crippen LogP contribution in [0.3, 0.4) is 0 Å². The predicted molar refractivity (Wildman–Crippen MR) is 97.2 cm³/mol. The molecule has 0 radical (unpaired) electrons. The van der Waals surface area contributed by atoms with Crippen LogP contribution in [-0.2, 0) is 0 Å². The number of carbonyl (C=O) groups is 1. The first-order valence-corrected chi connectivity index (χ1v) is 8.08. The maximum Gasteiger partial charge on any atom is 0.294 e. The highest BCUT2D eigenvalue weighted by Crippen LogP contribution is 2.26. The van der Waals surface area contributed by atoms with Gasteiger partial charge in [0.1, 0.15) is 5.69 Å². The predicted octanol–water partition coefficient (Wildman–Crippen LogP) is 3.61. The highest BCUT2D eigenvalue weighted by molar-refractivity contribution is 5.95. The van der Waals surface area contributed by atoms with Crippen LogP contribution < -0.4 is 0 Å². The summed E-state index contributed by atoms with van der Waals surface area (Å²) in [5, 5.41) is 11.5. The highest BCUT2D eigenvalue weighted by atomic mass is 16.6. The molecule has 3 aromatic rings. The molecule has 1 amide bonds. The first kappa shape index (κ1) is 17.3. The molecular weight excluding hydrogens is 332 g/mol. The van der Waals surface area contributed by atoms with Gasteiger partial charge in [-0.1, -0.05) is 30.3 Å². The van der Waals surface area contributed by atoms with Crippen molar-refractivity contribution in [2.24, 2.45) is 0 Å². The number of amides is 1. The van der Waals surface area contributed by atoms with Crippen LogP contribution in [0.4, 0.5) is 5.69 Å². The number of hydrogen-bond acceptors (Lipinski definition) is 4. The third kappa shape index (κ3) is 3.32. The van der Waals surface area contributed by atoms with Crippen molar-refractivity contribution in [2.75, 3.05) is 7.05 Å². The zero-order valence-electron chi connectivity index (χ0n) is 14.4. The Morgan fingerprint density at radius 1 is 1.23 bits per heavy atom. The van der Waals surface area contributed by atoms with Gasteiger partial charge in [0.25, 0.3) is 11.6 Å². The lowest BCUT2D eigenvalue weighted by Gasteiger charge is -2.25. The van der Waals surface area contributed by atoms with Crippen LogP contribution in [0.5, 0.6) is 0 Å². The number of hydrogen-bond donors (Lipinski definition) is 0. The van der Waals surface area contributed by atoms with Crippen LogP contribution >= 0.6 is 0 Å². The molecule has 0 aliphatic rings. The van der Waals surface area contributed by atoms with E-state index in [1.165, 1.54) is 18.6 Å². The van der Waals surface area contributed by atoms with Crippen molar-refractivity contribution in [3.8, 4) is 5.69 Å². The maximum atomic E-state index is 12.8. The molecule has 132 valence electrons. The van der Waals surface area contributed by atoms with E-state index in [1.54, 1.807) is 34.8 Å². The Labute approximate surface area is 150 Å². The van der Waals surface area contributed by atoms with Crippen LogP contribution in [0, 0.1) is 10.1 Å². The molecule has 1 unspecified atom stereocenters. The minimum absolute atomic E-state index is 0.144. The molecule has 0 aliphatic heterocycles. The van der Waals surface area contributed by atoms with Crippen molar-refractivity contribution in [3.63, 3.8) is 0 Å². The number of nitrogens with zero attached hydrogens (tertiary/aromatic N) is 4. The Hall–Kier alpha value is -3.48. The molecule has 0 saturated carbocycles. The lowest BCUT2D eigenvalue weighted by molar-refractivity contribution is -0.384. The first-order valence-electron chi connectivity index (χ1n) is 8.08. The third-order valence-electron chi connectivity index (χ3n) is 4.38. The quantitative estimate of drug-likeness (QED) is 0.520. The topological polar surface area (TPSA) is 81.3 Å². The van der Waals surface area contributed by atoms with Gasteiger partial charge >= 0.3 is 0 Å². The van der Waals surface area contributed by atoms with E-state index in [0.29, 0.717) is 5.69 Å². The van der Waals surface area contributed by atoms with Gasteiger partial charge in [-0.15, -0.1) is 0 Å². The van der Waals surface area contributed by atoms with Gasteiger partial charge in [-0.05, 0) is 24.6 Å². The summed E-state index contributed by atoms with van der Waals surface area (Å²) < 4.78 is 1.54. The molecule has 0 bridgehead atoms. The number of rotatable bonds is 5. The van der Waals surface area contributed by atoms with Gasteiger partial charge in [0.15, 0.2) is 0 Å². The summed E-state index contributed by atoms with van der Waals surface area (Å²) in [6.07, 6.45) is 4.64. The molecule has 0 spiro atoms. The van der Waals surface area contributed by atoms with Gasteiger partial charge in [-0.2, -0.15) is 0 Å². The molecule has 0 fully saturated rings. The number of imidazole rings is 1. The number of benzene rings is 2. The van der Waals surface area contributed by atoms with Crippen molar-refractivity contribution in [1.29, 1.82) is 0 Å². The molecule has 0 N–H and O–H groups in total. The van der Waals surface area contributed by atoms with E-state index in [0.717, 1.165) is 5.56 Å². The lowest BCUT2D eigenvalue weighted by atomic mass is 10.1. The summed E-state index contributed by atoms with van der Waals surface area (Å²) in [6.45, 7) is 1.92. The van der Waals surface area contributed by atoms with Crippen molar-refractivity contribution in [2.45, 2.75) is 13.0 Å². The number of nitro groups is 1. The fraction of sp³-hybridized carbons (Fsp3) is 0.158. The maximum absolute atomic E-state index is 12.8. The third-order valence-corrected chi connectivity index (χ3v) is 4.38. The van der Waals surface area contributed by atoms with E-state index in [-0.39, 0.29) is 23.2 Å². The molecule has 1 atom stereocenters. The Balaban J connectivity index is 1.92. The van der Waals surface area contributed by atoms with Gasteiger partial charge in [0, 0.05) is 31.1 Å². The van der Waals surface area contributed by atoms with Crippen LogP contribution in [0.2, 0.25) is 0 Å². The molecule has 7 nitrogen and oxygen atoms in total.